The first kappa shape index (κ1) is 14.6. The van der Waals surface area contributed by atoms with Gasteiger partial charge in [0.2, 0.25) is 0 Å². The van der Waals surface area contributed by atoms with Gasteiger partial charge in [0.1, 0.15) is 11.1 Å². The summed E-state index contributed by atoms with van der Waals surface area (Å²) in [5.41, 5.74) is -0.751. The van der Waals surface area contributed by atoms with Gasteiger partial charge in [0, 0.05) is 5.39 Å². The number of fused-ring (bicyclic) bond motifs is 1. The molecule has 0 spiro atoms. The molecular weight excluding hydrogens is 326 g/mol. The fraction of sp³-hybridized carbons (Fsp3) is 0.286. The Morgan fingerprint density at radius 3 is 2.70 bits per heavy atom. The zero-order chi connectivity index (χ0) is 14.9. The average molecular weight is 340 g/mol. The van der Waals surface area contributed by atoms with Crippen LogP contribution >= 0.6 is 15.9 Å². The van der Waals surface area contributed by atoms with Gasteiger partial charge in [-0.3, -0.25) is 4.79 Å². The summed E-state index contributed by atoms with van der Waals surface area (Å²) in [6.07, 6.45) is 0.276. The van der Waals surface area contributed by atoms with Gasteiger partial charge >= 0.3 is 5.97 Å². The van der Waals surface area contributed by atoms with Gasteiger partial charge in [-0.2, -0.15) is 0 Å². The largest absolute Gasteiger partial charge is 0.480 e. The van der Waals surface area contributed by atoms with Crippen molar-refractivity contribution in [3.05, 3.63) is 34.5 Å². The second-order valence-electron chi connectivity index (χ2n) is 4.71. The number of carbonyl (C=O) groups excluding carboxylic acids is 1. The Hall–Kier alpha value is -1.82. The van der Waals surface area contributed by atoms with Crippen LogP contribution in [0.1, 0.15) is 30.8 Å². The Bertz CT molecular complexity index is 679. The van der Waals surface area contributed by atoms with Gasteiger partial charge in [-0.25, -0.2) is 4.79 Å². The molecular formula is C14H14BrNO4. The minimum atomic E-state index is -1.31. The number of benzene rings is 1. The number of halogens is 1. The van der Waals surface area contributed by atoms with Crippen molar-refractivity contribution in [1.29, 1.82) is 0 Å². The van der Waals surface area contributed by atoms with Gasteiger partial charge in [-0.05, 0) is 41.4 Å². The topological polar surface area (TPSA) is 79.5 Å². The third-order valence-electron chi connectivity index (χ3n) is 3.29. The number of aliphatic carboxylic acids is 1. The molecule has 2 aromatic rings. The van der Waals surface area contributed by atoms with Crippen LogP contribution in [-0.2, 0) is 4.79 Å². The van der Waals surface area contributed by atoms with E-state index in [-0.39, 0.29) is 12.2 Å². The molecule has 1 amide bonds. The van der Waals surface area contributed by atoms with E-state index < -0.39 is 17.4 Å². The van der Waals surface area contributed by atoms with Gasteiger partial charge in [0.15, 0.2) is 5.76 Å². The van der Waals surface area contributed by atoms with Gasteiger partial charge in [-0.1, -0.05) is 19.1 Å². The smallest absolute Gasteiger partial charge is 0.329 e. The first-order valence-electron chi connectivity index (χ1n) is 6.11. The number of carboxylic acids is 1. The Labute approximate surface area is 124 Å². The molecule has 0 saturated carbocycles. The molecule has 1 atom stereocenters. The van der Waals surface area contributed by atoms with E-state index in [1.165, 1.54) is 6.92 Å². The monoisotopic (exact) mass is 339 g/mol. The molecule has 2 N–H and O–H groups in total. The normalized spacial score (nSPS) is 13.9. The van der Waals surface area contributed by atoms with Crippen molar-refractivity contribution in [2.24, 2.45) is 0 Å². The molecule has 5 nitrogen and oxygen atoms in total. The molecule has 2 rings (SSSR count). The van der Waals surface area contributed by atoms with Crippen molar-refractivity contribution in [3.8, 4) is 0 Å². The van der Waals surface area contributed by atoms with Crippen LogP contribution in [0.15, 0.2) is 33.2 Å². The van der Waals surface area contributed by atoms with Crippen LogP contribution in [0.3, 0.4) is 0 Å². The average Bonchev–Trinajstić information content (AvgIpc) is 2.84. The van der Waals surface area contributed by atoms with E-state index in [9.17, 15) is 9.59 Å². The molecule has 0 saturated heterocycles. The predicted octanol–water partition coefficient (Wildman–Crippen LogP) is 3.18. The summed E-state index contributed by atoms with van der Waals surface area (Å²) < 4.78 is 6.22. The molecule has 0 aliphatic carbocycles. The number of hydrogen-bond acceptors (Lipinski definition) is 3. The predicted molar refractivity (Wildman–Crippen MR) is 77.7 cm³/mol. The summed E-state index contributed by atoms with van der Waals surface area (Å²) in [6.45, 7) is 3.16. The minimum Gasteiger partial charge on any atom is -0.480 e. The summed E-state index contributed by atoms with van der Waals surface area (Å²) in [5.74, 6) is -1.53. The molecule has 0 bridgehead atoms. The van der Waals surface area contributed by atoms with E-state index in [0.717, 1.165) is 9.86 Å². The highest BCUT2D eigenvalue weighted by atomic mass is 79.9. The number of rotatable bonds is 4. The number of amides is 1. The summed E-state index contributed by atoms with van der Waals surface area (Å²) in [6, 6.07) is 7.04. The zero-order valence-corrected chi connectivity index (χ0v) is 12.7. The molecule has 0 radical (unpaired) electrons. The van der Waals surface area contributed by atoms with Crippen molar-refractivity contribution in [2.45, 2.75) is 25.8 Å². The van der Waals surface area contributed by atoms with Crippen LogP contribution < -0.4 is 5.32 Å². The minimum absolute atomic E-state index is 0.0906. The highest BCUT2D eigenvalue weighted by Gasteiger charge is 2.33. The second-order valence-corrected chi connectivity index (χ2v) is 5.57. The Kier molecular flexibility index (Phi) is 3.85. The van der Waals surface area contributed by atoms with Gasteiger partial charge < -0.3 is 14.8 Å². The Balaban J connectivity index is 2.32. The SMILES string of the molecule is CCC(C)(NC(=O)c1cc2cccc(Br)c2o1)C(=O)O. The Morgan fingerprint density at radius 1 is 1.45 bits per heavy atom. The lowest BCUT2D eigenvalue weighted by Crippen LogP contribution is -2.51. The lowest BCUT2D eigenvalue weighted by Gasteiger charge is -2.23. The maximum Gasteiger partial charge on any atom is 0.329 e. The first-order valence-corrected chi connectivity index (χ1v) is 6.90. The third-order valence-corrected chi connectivity index (χ3v) is 3.91. The number of carbonyl (C=O) groups is 2. The van der Waals surface area contributed by atoms with Crippen LogP contribution in [0.25, 0.3) is 11.0 Å². The lowest BCUT2D eigenvalue weighted by atomic mass is 9.99. The molecule has 1 heterocycles. The molecule has 1 unspecified atom stereocenters. The molecule has 6 heteroatoms. The highest BCUT2D eigenvalue weighted by Crippen LogP contribution is 2.27. The summed E-state index contributed by atoms with van der Waals surface area (Å²) in [4.78, 5) is 23.3. The van der Waals surface area contributed by atoms with E-state index in [1.807, 2.05) is 12.1 Å². The van der Waals surface area contributed by atoms with Gasteiger partial charge in [-0.15, -0.1) is 0 Å². The van der Waals surface area contributed by atoms with Crippen LogP contribution in [-0.4, -0.2) is 22.5 Å². The third kappa shape index (κ3) is 2.56. The van der Waals surface area contributed by atoms with E-state index in [4.69, 9.17) is 9.52 Å². The fourth-order valence-electron chi connectivity index (χ4n) is 1.74. The molecule has 0 fully saturated rings. The summed E-state index contributed by atoms with van der Waals surface area (Å²) >= 11 is 3.34. The molecule has 0 aliphatic rings. The van der Waals surface area contributed by atoms with E-state index >= 15 is 0 Å². The maximum atomic E-state index is 12.1. The second kappa shape index (κ2) is 5.28. The summed E-state index contributed by atoms with van der Waals surface area (Å²) in [7, 11) is 0. The maximum absolute atomic E-state index is 12.1. The van der Waals surface area contributed by atoms with Crippen molar-refractivity contribution in [3.63, 3.8) is 0 Å². The molecule has 20 heavy (non-hydrogen) atoms. The number of hydrogen-bond donors (Lipinski definition) is 2. The summed E-state index contributed by atoms with van der Waals surface area (Å²) in [5, 5.41) is 12.4. The first-order chi connectivity index (χ1) is 9.37. The lowest BCUT2D eigenvalue weighted by molar-refractivity contribution is -0.143. The van der Waals surface area contributed by atoms with Crippen LogP contribution in [0, 0.1) is 0 Å². The van der Waals surface area contributed by atoms with E-state index in [0.29, 0.717) is 5.58 Å². The van der Waals surface area contributed by atoms with Crippen molar-refractivity contribution < 1.29 is 19.1 Å². The van der Waals surface area contributed by atoms with Crippen molar-refractivity contribution >= 4 is 38.8 Å². The number of nitrogens with one attached hydrogen (secondary N) is 1. The van der Waals surface area contributed by atoms with Crippen LogP contribution in [0.2, 0.25) is 0 Å². The van der Waals surface area contributed by atoms with E-state index in [2.05, 4.69) is 21.2 Å². The number of carboxylic acid groups (broad SMARTS) is 1. The fourth-order valence-corrected chi connectivity index (χ4v) is 2.21. The van der Waals surface area contributed by atoms with Crippen LogP contribution in [0.5, 0.6) is 0 Å². The molecule has 1 aromatic carbocycles. The molecule has 1 aromatic heterocycles. The van der Waals surface area contributed by atoms with Crippen molar-refractivity contribution in [2.75, 3.05) is 0 Å². The number of para-hydroxylation sites is 1. The zero-order valence-electron chi connectivity index (χ0n) is 11.1. The Morgan fingerprint density at radius 2 is 2.15 bits per heavy atom. The van der Waals surface area contributed by atoms with Gasteiger partial charge in [0.25, 0.3) is 5.91 Å². The number of furan rings is 1. The van der Waals surface area contributed by atoms with Gasteiger partial charge in [0.05, 0.1) is 4.47 Å². The van der Waals surface area contributed by atoms with Crippen LogP contribution in [0.4, 0.5) is 0 Å². The van der Waals surface area contributed by atoms with E-state index in [1.54, 1.807) is 19.1 Å². The molecule has 0 aliphatic heterocycles. The highest BCUT2D eigenvalue weighted by molar-refractivity contribution is 9.10. The molecule has 106 valence electrons. The van der Waals surface area contributed by atoms with Crippen molar-refractivity contribution in [1.82, 2.24) is 5.32 Å². The standard InChI is InChI=1S/C14H14BrNO4/c1-3-14(2,13(18)19)16-12(17)10-7-8-5-4-6-9(15)11(8)20-10/h4-7H,3H2,1-2H3,(H,16,17)(H,18,19). The quantitative estimate of drug-likeness (QED) is 0.896.